The molecule has 0 amide bonds. The molecule has 0 aromatic rings. The minimum absolute atomic E-state index is 0.144. The van der Waals surface area contributed by atoms with Gasteiger partial charge in [0.15, 0.2) is 0 Å². The van der Waals surface area contributed by atoms with Crippen LogP contribution >= 0.6 is 0 Å². The molecule has 0 heterocycles. The summed E-state index contributed by atoms with van der Waals surface area (Å²) in [5.74, 6) is 0. The fourth-order valence-corrected chi connectivity index (χ4v) is 13.3. The summed E-state index contributed by atoms with van der Waals surface area (Å²) in [7, 11) is -1.15. The average Bonchev–Trinajstić information content (AvgIpc) is 2.30. The third-order valence-corrected chi connectivity index (χ3v) is 12.5. The van der Waals surface area contributed by atoms with Crippen LogP contribution in [0.1, 0.15) is 59.3 Å². The molecule has 0 nitrogen and oxygen atoms in total. The predicted molar refractivity (Wildman–Crippen MR) is 88.4 cm³/mol. The fourth-order valence-electron chi connectivity index (χ4n) is 2.79. The molecular weight excluding hydrogens is 236 g/mol. The first-order valence-electron chi connectivity index (χ1n) is 7.76. The first-order valence-corrected chi connectivity index (χ1v) is 13.0. The maximum atomic E-state index is 2.92. The van der Waals surface area contributed by atoms with E-state index in [1.54, 1.807) is 18.1 Å². The van der Waals surface area contributed by atoms with Gasteiger partial charge in [-0.1, -0.05) is 90.5 Å². The molecule has 0 aliphatic rings. The Hall–Kier alpha value is 0.304. The smallest absolute Gasteiger partial charge is 0.0729 e. The van der Waals surface area contributed by atoms with Crippen LogP contribution in [0.15, 0.2) is 0 Å². The lowest BCUT2D eigenvalue weighted by atomic mass is 10.4. The topological polar surface area (TPSA) is 0 Å². The lowest BCUT2D eigenvalue weighted by molar-refractivity contribution is 0.805. The maximum Gasteiger partial charge on any atom is 0.0729 e. The molecule has 17 heavy (non-hydrogen) atoms. The molecule has 0 saturated carbocycles. The maximum absolute atomic E-state index is 2.92. The second kappa shape index (κ2) is 10.2. The van der Waals surface area contributed by atoms with Crippen molar-refractivity contribution in [1.29, 1.82) is 0 Å². The van der Waals surface area contributed by atoms with E-state index >= 15 is 0 Å². The Morgan fingerprint density at radius 2 is 1.12 bits per heavy atom. The molecule has 0 fully saturated rings. The van der Waals surface area contributed by atoms with Crippen molar-refractivity contribution < 1.29 is 0 Å². The van der Waals surface area contributed by atoms with Gasteiger partial charge in [-0.15, -0.1) is 5.30 Å². The largest absolute Gasteiger partial charge is 0.114 e. The fraction of sp³-hybridized carbons (Fsp3) is 0.933. The summed E-state index contributed by atoms with van der Waals surface area (Å²) in [6, 6.07) is 4.75. The third-order valence-electron chi connectivity index (χ3n) is 3.68. The van der Waals surface area contributed by atoms with Crippen molar-refractivity contribution in [2.24, 2.45) is 0 Å². The molecule has 2 heteroatoms. The summed E-state index contributed by atoms with van der Waals surface area (Å²) in [6.07, 6.45) is 8.59. The van der Waals surface area contributed by atoms with E-state index < -0.39 is 8.07 Å². The molecule has 0 atom stereocenters. The molecular formula is C15H34Si2. The van der Waals surface area contributed by atoms with E-state index in [0.29, 0.717) is 0 Å². The molecule has 0 unspecified atom stereocenters. The van der Waals surface area contributed by atoms with Crippen molar-refractivity contribution in [2.75, 3.05) is 0 Å². The zero-order valence-corrected chi connectivity index (χ0v) is 14.9. The molecule has 0 aliphatic heterocycles. The van der Waals surface area contributed by atoms with Crippen molar-refractivity contribution in [3.8, 4) is 0 Å². The zero-order chi connectivity index (χ0) is 13.1. The second-order valence-electron chi connectivity index (χ2n) is 5.89. The molecule has 0 aromatic heterocycles. The van der Waals surface area contributed by atoms with E-state index in [-0.39, 0.29) is 8.41 Å². The van der Waals surface area contributed by atoms with Gasteiger partial charge in [0, 0.05) is 0 Å². The van der Waals surface area contributed by atoms with Crippen molar-refractivity contribution in [1.82, 2.24) is 0 Å². The van der Waals surface area contributed by atoms with Crippen LogP contribution in [0.25, 0.3) is 0 Å². The van der Waals surface area contributed by atoms with Crippen LogP contribution < -0.4 is 0 Å². The Kier molecular flexibility index (Phi) is 10.4. The molecule has 0 N–H and O–H groups in total. The quantitative estimate of drug-likeness (QED) is 0.459. The summed E-state index contributed by atoms with van der Waals surface area (Å²) < 4.78 is 0. The highest BCUT2D eigenvalue weighted by Gasteiger charge is 2.27. The Morgan fingerprint density at radius 1 is 0.765 bits per heavy atom. The third kappa shape index (κ3) is 8.09. The summed E-state index contributed by atoms with van der Waals surface area (Å²) >= 11 is 0. The van der Waals surface area contributed by atoms with Crippen LogP contribution in [-0.2, 0) is 0 Å². The van der Waals surface area contributed by atoms with Gasteiger partial charge in [0.1, 0.15) is 0 Å². The van der Waals surface area contributed by atoms with Crippen LogP contribution in [0.2, 0.25) is 31.2 Å². The van der Waals surface area contributed by atoms with Crippen LogP contribution in [0.4, 0.5) is 0 Å². The van der Waals surface area contributed by atoms with E-state index in [2.05, 4.69) is 39.2 Å². The predicted octanol–water partition coefficient (Wildman–Crippen LogP) is 5.51. The van der Waals surface area contributed by atoms with Gasteiger partial charge in [-0.05, 0) is 8.41 Å². The number of rotatable bonds is 10. The van der Waals surface area contributed by atoms with Gasteiger partial charge in [0.05, 0.1) is 8.07 Å². The van der Waals surface area contributed by atoms with E-state index in [9.17, 15) is 0 Å². The highest BCUT2D eigenvalue weighted by Crippen LogP contribution is 2.26. The van der Waals surface area contributed by atoms with Gasteiger partial charge in [-0.25, -0.2) is 0 Å². The number of unbranched alkanes of at least 4 members (excludes halogenated alkanes) is 3. The molecule has 0 aliphatic carbocycles. The van der Waals surface area contributed by atoms with Gasteiger partial charge in [0.25, 0.3) is 0 Å². The second-order valence-corrected chi connectivity index (χ2v) is 13.4. The van der Waals surface area contributed by atoms with Crippen LogP contribution in [0.3, 0.4) is 0 Å². The van der Waals surface area contributed by atoms with Crippen molar-refractivity contribution in [3.05, 3.63) is 0 Å². The standard InChI is InChI=1S/C15H34Si2/c1-6-9-12-17(13-10-7-2,14-11-8-3)15-16(4)5/h15H,6-14H2,1-5H3. The van der Waals surface area contributed by atoms with Gasteiger partial charge in [-0.3, -0.25) is 0 Å². The van der Waals surface area contributed by atoms with Crippen molar-refractivity contribution in [2.45, 2.75) is 90.5 Å². The summed E-state index contributed by atoms with van der Waals surface area (Å²) in [6.45, 7) is 12.0. The first kappa shape index (κ1) is 17.3. The molecule has 0 rings (SSSR count). The average molecular weight is 271 g/mol. The summed E-state index contributed by atoms with van der Waals surface area (Å²) in [4.78, 5) is 0. The minimum atomic E-state index is -1.00. The molecule has 0 bridgehead atoms. The molecule has 102 valence electrons. The normalized spacial score (nSPS) is 11.6. The van der Waals surface area contributed by atoms with E-state index in [0.717, 1.165) is 0 Å². The van der Waals surface area contributed by atoms with E-state index in [1.807, 2.05) is 0 Å². The van der Waals surface area contributed by atoms with Crippen LogP contribution in [-0.4, -0.2) is 21.8 Å². The monoisotopic (exact) mass is 270 g/mol. The van der Waals surface area contributed by atoms with Gasteiger partial charge >= 0.3 is 0 Å². The molecule has 0 radical (unpaired) electrons. The van der Waals surface area contributed by atoms with Crippen LogP contribution in [0.5, 0.6) is 0 Å². The van der Waals surface area contributed by atoms with E-state index in [1.165, 1.54) is 38.5 Å². The molecule has 0 spiro atoms. The number of hydrogen-bond acceptors (Lipinski definition) is 0. The first-order chi connectivity index (χ1) is 8.10. The van der Waals surface area contributed by atoms with Crippen molar-refractivity contribution in [3.63, 3.8) is 0 Å². The Bertz CT molecular complexity index is 183. The Labute approximate surface area is 112 Å². The lowest BCUT2D eigenvalue weighted by Crippen LogP contribution is -2.38. The molecule has 0 aromatic carbocycles. The van der Waals surface area contributed by atoms with Gasteiger partial charge < -0.3 is 0 Å². The van der Waals surface area contributed by atoms with Crippen molar-refractivity contribution >= 4 is 21.8 Å². The Morgan fingerprint density at radius 3 is 1.35 bits per heavy atom. The minimum Gasteiger partial charge on any atom is -0.114 e. The van der Waals surface area contributed by atoms with E-state index in [4.69, 9.17) is 0 Å². The van der Waals surface area contributed by atoms with Crippen LogP contribution in [0, 0.1) is 0 Å². The molecule has 0 saturated heterocycles. The summed E-state index contributed by atoms with van der Waals surface area (Å²) in [5.41, 5.74) is 0. The number of hydrogen-bond donors (Lipinski definition) is 0. The SMILES string of the molecule is CCCC[Si](C=[Si](C)C)(CCCC)CCCC. The Balaban J connectivity index is 4.70. The van der Waals surface area contributed by atoms with Gasteiger partial charge in [0.2, 0.25) is 0 Å². The van der Waals surface area contributed by atoms with Gasteiger partial charge in [-0.2, -0.15) is 0 Å². The highest BCUT2D eigenvalue weighted by molar-refractivity contribution is 7.12. The summed E-state index contributed by atoms with van der Waals surface area (Å²) in [5, 5.41) is 2.92. The zero-order valence-electron chi connectivity index (χ0n) is 12.9. The highest BCUT2D eigenvalue weighted by atomic mass is 28.3. The lowest BCUT2D eigenvalue weighted by Gasteiger charge is -2.29.